The third-order valence-electron chi connectivity index (χ3n) is 2.14. The summed E-state index contributed by atoms with van der Waals surface area (Å²) < 4.78 is 0. The number of rotatable bonds is 4. The molecule has 0 aliphatic rings. The van der Waals surface area contributed by atoms with Crippen LogP contribution >= 0.6 is 0 Å². The lowest BCUT2D eigenvalue weighted by atomic mass is 10.5. The van der Waals surface area contributed by atoms with Gasteiger partial charge in [-0.15, -0.1) is 0 Å². The van der Waals surface area contributed by atoms with Crippen molar-refractivity contribution in [3.63, 3.8) is 0 Å². The fourth-order valence-corrected chi connectivity index (χ4v) is 1.23. The van der Waals surface area contributed by atoms with E-state index in [0.717, 1.165) is 0 Å². The van der Waals surface area contributed by atoms with E-state index in [2.05, 4.69) is 31.7 Å². The van der Waals surface area contributed by atoms with Crippen LogP contribution in [0.15, 0.2) is 48.8 Å². The van der Waals surface area contributed by atoms with Gasteiger partial charge >= 0.3 is 11.8 Å². The average molecular weight is 272 g/mol. The summed E-state index contributed by atoms with van der Waals surface area (Å²) in [5, 5.41) is 0. The van der Waals surface area contributed by atoms with Gasteiger partial charge in [0.2, 0.25) is 0 Å². The van der Waals surface area contributed by atoms with Crippen LogP contribution in [0.1, 0.15) is 0 Å². The SMILES string of the molecule is O=C(NNc1ccccn1)C(=O)NNc1ccccn1. The van der Waals surface area contributed by atoms with Crippen LogP contribution in [0.4, 0.5) is 11.6 Å². The normalized spacial score (nSPS) is 9.40. The van der Waals surface area contributed by atoms with E-state index in [-0.39, 0.29) is 0 Å². The van der Waals surface area contributed by atoms with Crippen LogP contribution in [0, 0.1) is 0 Å². The molecule has 0 saturated heterocycles. The molecule has 0 aliphatic carbocycles. The van der Waals surface area contributed by atoms with Gasteiger partial charge in [-0.25, -0.2) is 9.97 Å². The number of hydrazine groups is 2. The Morgan fingerprint density at radius 2 is 1.20 bits per heavy atom. The van der Waals surface area contributed by atoms with Crippen molar-refractivity contribution in [2.24, 2.45) is 0 Å². The number of anilines is 2. The minimum atomic E-state index is -0.862. The van der Waals surface area contributed by atoms with Crippen molar-refractivity contribution in [3.8, 4) is 0 Å². The van der Waals surface area contributed by atoms with Crippen LogP contribution in [-0.4, -0.2) is 21.8 Å². The van der Waals surface area contributed by atoms with Crippen LogP contribution in [0.25, 0.3) is 0 Å². The van der Waals surface area contributed by atoms with Crippen molar-refractivity contribution in [2.75, 3.05) is 10.9 Å². The average Bonchev–Trinajstić information content (AvgIpc) is 2.52. The zero-order valence-corrected chi connectivity index (χ0v) is 10.3. The first-order valence-corrected chi connectivity index (χ1v) is 5.70. The second kappa shape index (κ2) is 6.69. The number of nitrogens with one attached hydrogen (secondary N) is 4. The number of nitrogens with zero attached hydrogens (tertiary/aromatic N) is 2. The van der Waals surface area contributed by atoms with E-state index in [1.165, 1.54) is 0 Å². The third kappa shape index (κ3) is 3.95. The molecule has 4 N–H and O–H groups in total. The van der Waals surface area contributed by atoms with Gasteiger partial charge < -0.3 is 0 Å². The summed E-state index contributed by atoms with van der Waals surface area (Å²) in [7, 11) is 0. The number of carbonyl (C=O) groups excluding carboxylic acids is 2. The smallest absolute Gasteiger partial charge is 0.281 e. The van der Waals surface area contributed by atoms with E-state index in [4.69, 9.17) is 0 Å². The predicted octanol–water partition coefficient (Wildman–Crippen LogP) is 0.0630. The van der Waals surface area contributed by atoms with Crippen molar-refractivity contribution in [1.82, 2.24) is 20.8 Å². The molecule has 20 heavy (non-hydrogen) atoms. The van der Waals surface area contributed by atoms with E-state index < -0.39 is 11.8 Å². The molecule has 0 aromatic carbocycles. The van der Waals surface area contributed by atoms with Gasteiger partial charge in [-0.1, -0.05) is 12.1 Å². The number of aromatic nitrogens is 2. The molecule has 0 unspecified atom stereocenters. The molecular formula is C12H12N6O2. The molecule has 2 rings (SSSR count). The van der Waals surface area contributed by atoms with Crippen LogP contribution in [0.2, 0.25) is 0 Å². The third-order valence-corrected chi connectivity index (χ3v) is 2.14. The first kappa shape index (κ1) is 13.3. The molecule has 2 aromatic heterocycles. The molecule has 0 bridgehead atoms. The maximum Gasteiger partial charge on any atom is 0.329 e. The highest BCUT2D eigenvalue weighted by Gasteiger charge is 2.12. The molecule has 0 radical (unpaired) electrons. The second-order valence-corrected chi connectivity index (χ2v) is 3.59. The van der Waals surface area contributed by atoms with E-state index in [1.54, 1.807) is 48.8 Å². The number of hydrogen-bond donors (Lipinski definition) is 4. The van der Waals surface area contributed by atoms with Crippen LogP contribution in [0.3, 0.4) is 0 Å². The standard InChI is InChI=1S/C12H12N6O2/c19-11(17-15-9-5-1-3-7-13-9)12(20)18-16-10-6-2-4-8-14-10/h1-8H,(H,13,15)(H,14,16)(H,17,19)(H,18,20). The Bertz CT molecular complexity index is 522. The molecule has 2 amide bonds. The highest BCUT2D eigenvalue weighted by molar-refractivity contribution is 6.35. The molecule has 0 atom stereocenters. The monoisotopic (exact) mass is 272 g/mol. The molecular weight excluding hydrogens is 260 g/mol. The first-order chi connectivity index (χ1) is 9.75. The lowest BCUT2D eigenvalue weighted by Crippen LogP contribution is -2.44. The Hall–Kier alpha value is -3.16. The molecule has 8 heteroatoms. The molecule has 8 nitrogen and oxygen atoms in total. The summed E-state index contributed by atoms with van der Waals surface area (Å²) in [6.45, 7) is 0. The summed E-state index contributed by atoms with van der Waals surface area (Å²) in [6.07, 6.45) is 3.11. The van der Waals surface area contributed by atoms with Gasteiger partial charge in [-0.3, -0.25) is 31.3 Å². The largest absolute Gasteiger partial charge is 0.329 e. The van der Waals surface area contributed by atoms with Crippen LogP contribution in [-0.2, 0) is 9.59 Å². The Morgan fingerprint density at radius 1 is 0.750 bits per heavy atom. The highest BCUT2D eigenvalue weighted by atomic mass is 16.2. The van der Waals surface area contributed by atoms with E-state index >= 15 is 0 Å². The molecule has 0 aliphatic heterocycles. The summed E-state index contributed by atoms with van der Waals surface area (Å²) >= 11 is 0. The highest BCUT2D eigenvalue weighted by Crippen LogP contribution is 1.97. The Labute approximate surface area is 114 Å². The van der Waals surface area contributed by atoms with Gasteiger partial charge in [0.15, 0.2) is 0 Å². The number of carbonyl (C=O) groups is 2. The maximum atomic E-state index is 11.5. The zero-order chi connectivity index (χ0) is 14.2. The van der Waals surface area contributed by atoms with Gasteiger partial charge in [0.05, 0.1) is 0 Å². The Balaban J connectivity index is 1.76. The van der Waals surface area contributed by atoms with Crippen molar-refractivity contribution in [2.45, 2.75) is 0 Å². The predicted molar refractivity (Wildman–Crippen MR) is 72.0 cm³/mol. The Kier molecular flexibility index (Phi) is 4.44. The minimum absolute atomic E-state index is 0.423. The zero-order valence-electron chi connectivity index (χ0n) is 10.3. The van der Waals surface area contributed by atoms with Crippen LogP contribution < -0.4 is 21.7 Å². The number of pyridine rings is 2. The quantitative estimate of drug-likeness (QED) is 0.463. The first-order valence-electron chi connectivity index (χ1n) is 5.70. The number of amides is 2. The molecule has 2 aromatic rings. The molecule has 0 fully saturated rings. The number of hydrogen-bond acceptors (Lipinski definition) is 6. The fourth-order valence-electron chi connectivity index (χ4n) is 1.23. The summed E-state index contributed by atoms with van der Waals surface area (Å²) in [4.78, 5) is 30.8. The fraction of sp³-hybridized carbons (Fsp3) is 0. The van der Waals surface area contributed by atoms with Gasteiger partial charge in [0.25, 0.3) is 0 Å². The maximum absolute atomic E-state index is 11.5. The lowest BCUT2D eigenvalue weighted by molar-refractivity contribution is -0.138. The van der Waals surface area contributed by atoms with E-state index in [0.29, 0.717) is 11.6 Å². The van der Waals surface area contributed by atoms with Gasteiger partial charge in [-0.2, -0.15) is 0 Å². The van der Waals surface area contributed by atoms with Crippen molar-refractivity contribution in [3.05, 3.63) is 48.8 Å². The van der Waals surface area contributed by atoms with E-state index in [1.807, 2.05) is 0 Å². The van der Waals surface area contributed by atoms with Crippen molar-refractivity contribution in [1.29, 1.82) is 0 Å². The topological polar surface area (TPSA) is 108 Å². The molecule has 2 heterocycles. The summed E-state index contributed by atoms with van der Waals surface area (Å²) in [5.74, 6) is -0.879. The minimum Gasteiger partial charge on any atom is -0.281 e. The van der Waals surface area contributed by atoms with Crippen molar-refractivity contribution >= 4 is 23.5 Å². The van der Waals surface area contributed by atoms with Gasteiger partial charge in [-0.05, 0) is 24.3 Å². The van der Waals surface area contributed by atoms with Crippen LogP contribution in [0.5, 0.6) is 0 Å². The second-order valence-electron chi connectivity index (χ2n) is 3.59. The van der Waals surface area contributed by atoms with E-state index in [9.17, 15) is 9.59 Å². The lowest BCUT2D eigenvalue weighted by Gasteiger charge is -2.09. The molecule has 0 saturated carbocycles. The van der Waals surface area contributed by atoms with Crippen molar-refractivity contribution < 1.29 is 9.59 Å². The summed E-state index contributed by atoms with van der Waals surface area (Å²) in [5.41, 5.74) is 9.44. The Morgan fingerprint density at radius 3 is 1.55 bits per heavy atom. The summed E-state index contributed by atoms with van der Waals surface area (Å²) in [6, 6.07) is 10.2. The van der Waals surface area contributed by atoms with Gasteiger partial charge in [0.1, 0.15) is 11.6 Å². The molecule has 102 valence electrons. The molecule has 0 spiro atoms. The van der Waals surface area contributed by atoms with Gasteiger partial charge in [0, 0.05) is 12.4 Å².